The van der Waals surface area contributed by atoms with Crippen molar-refractivity contribution >= 4 is 41.1 Å². The lowest BCUT2D eigenvalue weighted by molar-refractivity contribution is -0.384. The molecule has 0 aromatic heterocycles. The van der Waals surface area contributed by atoms with E-state index in [0.29, 0.717) is 5.56 Å². The number of nitro benzene ring substituents is 1. The lowest BCUT2D eigenvalue weighted by Crippen LogP contribution is -2.21. The van der Waals surface area contributed by atoms with Crippen LogP contribution >= 0.6 is 23.2 Å². The van der Waals surface area contributed by atoms with Gasteiger partial charge in [0.1, 0.15) is 5.02 Å². The first kappa shape index (κ1) is 13.2. The van der Waals surface area contributed by atoms with Crippen LogP contribution < -0.4 is 11.5 Å². The highest BCUT2D eigenvalue weighted by molar-refractivity contribution is 6.44. The molecule has 0 amide bonds. The summed E-state index contributed by atoms with van der Waals surface area (Å²) in [6, 6.07) is 2.60. The second kappa shape index (κ2) is 5.46. The third-order valence-corrected chi connectivity index (χ3v) is 2.55. The molecule has 1 rings (SSSR count). The molecule has 0 saturated carbocycles. The normalized spacial score (nSPS) is 10.5. The van der Waals surface area contributed by atoms with Crippen LogP contribution in [0.15, 0.2) is 22.3 Å². The number of halogens is 2. The summed E-state index contributed by atoms with van der Waals surface area (Å²) in [6.45, 7) is 0. The van der Waals surface area contributed by atoms with Gasteiger partial charge in [-0.3, -0.25) is 10.1 Å². The molecule has 0 unspecified atom stereocenters. The van der Waals surface area contributed by atoms with E-state index in [-0.39, 0.29) is 21.7 Å². The lowest BCUT2D eigenvalue weighted by Gasteiger charge is -2.00. The Kier molecular flexibility index (Phi) is 4.24. The Hall–Kier alpha value is -1.86. The first-order valence-electron chi connectivity index (χ1n) is 4.18. The third kappa shape index (κ3) is 3.30. The molecule has 0 atom stereocenters. The minimum absolute atomic E-state index is 0.00964. The molecule has 17 heavy (non-hydrogen) atoms. The van der Waals surface area contributed by atoms with Gasteiger partial charge < -0.3 is 11.5 Å². The molecule has 0 saturated heterocycles. The Labute approximate surface area is 106 Å². The fraction of sp³-hybridized carbons (Fsp3) is 0. The van der Waals surface area contributed by atoms with Gasteiger partial charge in [0.15, 0.2) is 0 Å². The summed E-state index contributed by atoms with van der Waals surface area (Å²) in [5.41, 5.74) is 10.2. The van der Waals surface area contributed by atoms with Crippen LogP contribution in [0.2, 0.25) is 10.0 Å². The van der Waals surface area contributed by atoms with Gasteiger partial charge in [-0.2, -0.15) is 5.10 Å². The topological polar surface area (TPSA) is 120 Å². The average Bonchev–Trinajstić information content (AvgIpc) is 2.23. The van der Waals surface area contributed by atoms with E-state index >= 15 is 0 Å². The van der Waals surface area contributed by atoms with Gasteiger partial charge in [0.05, 0.1) is 16.2 Å². The standard InChI is InChI=1S/C8H7Cl2N5O2/c9-6-4(3-13-14-8(11)12)1-2-5(7(6)10)15(16)17/h1-3H,(H4,11,12,14). The van der Waals surface area contributed by atoms with Gasteiger partial charge in [-0.15, -0.1) is 5.10 Å². The SMILES string of the molecule is NC(N)=NN=Cc1ccc([N+](=O)[O-])c(Cl)c1Cl. The summed E-state index contributed by atoms with van der Waals surface area (Å²) in [4.78, 5) is 9.93. The molecule has 0 aliphatic rings. The molecular weight excluding hydrogens is 269 g/mol. The second-order valence-corrected chi connectivity index (χ2v) is 3.58. The molecule has 0 bridgehead atoms. The summed E-state index contributed by atoms with van der Waals surface area (Å²) in [7, 11) is 0. The fourth-order valence-corrected chi connectivity index (χ4v) is 1.40. The Balaban J connectivity index is 3.13. The number of benzene rings is 1. The van der Waals surface area contributed by atoms with Crippen LogP contribution in [-0.4, -0.2) is 17.1 Å². The molecule has 0 aliphatic heterocycles. The molecule has 0 heterocycles. The summed E-state index contributed by atoms with van der Waals surface area (Å²) in [6.07, 6.45) is 1.23. The minimum atomic E-state index is -0.634. The Bertz CT molecular complexity index is 511. The van der Waals surface area contributed by atoms with Crippen LogP contribution in [0.1, 0.15) is 5.56 Å². The smallest absolute Gasteiger partial charge is 0.289 e. The summed E-state index contributed by atoms with van der Waals surface area (Å²) < 4.78 is 0. The van der Waals surface area contributed by atoms with Crippen molar-refractivity contribution in [2.45, 2.75) is 0 Å². The molecule has 1 aromatic rings. The number of nitrogens with zero attached hydrogens (tertiary/aromatic N) is 3. The maximum atomic E-state index is 10.6. The van der Waals surface area contributed by atoms with Crippen LogP contribution in [0.4, 0.5) is 5.69 Å². The van der Waals surface area contributed by atoms with Crippen molar-refractivity contribution in [3.05, 3.63) is 37.9 Å². The van der Waals surface area contributed by atoms with E-state index in [9.17, 15) is 10.1 Å². The first-order chi connectivity index (χ1) is 7.93. The van der Waals surface area contributed by atoms with Gasteiger partial charge in [0.2, 0.25) is 5.96 Å². The van der Waals surface area contributed by atoms with Gasteiger partial charge >= 0.3 is 0 Å². The number of guanidine groups is 1. The van der Waals surface area contributed by atoms with Crippen LogP contribution in [0.25, 0.3) is 0 Å². The van der Waals surface area contributed by atoms with Crippen molar-refractivity contribution in [2.24, 2.45) is 21.7 Å². The Morgan fingerprint density at radius 2 is 2.00 bits per heavy atom. The number of hydrogen-bond acceptors (Lipinski definition) is 4. The van der Waals surface area contributed by atoms with E-state index in [0.717, 1.165) is 0 Å². The number of hydrogen-bond donors (Lipinski definition) is 2. The highest BCUT2D eigenvalue weighted by Gasteiger charge is 2.17. The number of nitro groups is 1. The average molecular weight is 276 g/mol. The van der Waals surface area contributed by atoms with E-state index in [4.69, 9.17) is 34.7 Å². The van der Waals surface area contributed by atoms with E-state index in [1.54, 1.807) is 0 Å². The third-order valence-electron chi connectivity index (χ3n) is 1.66. The van der Waals surface area contributed by atoms with Crippen molar-refractivity contribution in [1.82, 2.24) is 0 Å². The summed E-state index contributed by atoms with van der Waals surface area (Å²) >= 11 is 11.5. The van der Waals surface area contributed by atoms with Gasteiger partial charge in [0.25, 0.3) is 5.69 Å². The number of nitrogens with two attached hydrogens (primary N) is 2. The van der Waals surface area contributed by atoms with Crippen molar-refractivity contribution in [1.29, 1.82) is 0 Å². The van der Waals surface area contributed by atoms with E-state index in [1.807, 2.05) is 0 Å². The molecule has 0 aliphatic carbocycles. The molecule has 0 spiro atoms. The molecule has 7 nitrogen and oxygen atoms in total. The Morgan fingerprint density at radius 1 is 1.35 bits per heavy atom. The fourth-order valence-electron chi connectivity index (χ4n) is 0.953. The predicted octanol–water partition coefficient (Wildman–Crippen LogP) is 1.51. The lowest BCUT2D eigenvalue weighted by atomic mass is 10.2. The van der Waals surface area contributed by atoms with Crippen molar-refractivity contribution in [3.63, 3.8) is 0 Å². The van der Waals surface area contributed by atoms with Crippen LogP contribution in [0.3, 0.4) is 0 Å². The van der Waals surface area contributed by atoms with E-state index in [1.165, 1.54) is 18.3 Å². The van der Waals surface area contributed by atoms with Gasteiger partial charge in [-0.05, 0) is 6.07 Å². The molecule has 0 radical (unpaired) electrons. The predicted molar refractivity (Wildman–Crippen MR) is 66.5 cm³/mol. The maximum absolute atomic E-state index is 10.6. The molecule has 4 N–H and O–H groups in total. The summed E-state index contributed by atoms with van der Waals surface area (Å²) in [5, 5.41) is 17.3. The van der Waals surface area contributed by atoms with E-state index in [2.05, 4.69) is 10.2 Å². The van der Waals surface area contributed by atoms with Crippen molar-refractivity contribution in [3.8, 4) is 0 Å². The molecule has 90 valence electrons. The highest BCUT2D eigenvalue weighted by Crippen LogP contribution is 2.33. The summed E-state index contributed by atoms with van der Waals surface area (Å²) in [5.74, 6) is -0.217. The highest BCUT2D eigenvalue weighted by atomic mass is 35.5. The zero-order valence-electron chi connectivity index (χ0n) is 8.30. The van der Waals surface area contributed by atoms with Crippen molar-refractivity contribution < 1.29 is 4.92 Å². The van der Waals surface area contributed by atoms with Crippen LogP contribution in [-0.2, 0) is 0 Å². The zero-order chi connectivity index (χ0) is 13.0. The second-order valence-electron chi connectivity index (χ2n) is 2.83. The zero-order valence-corrected chi connectivity index (χ0v) is 9.81. The first-order valence-corrected chi connectivity index (χ1v) is 4.93. The molecule has 0 fully saturated rings. The molecular formula is C8H7Cl2N5O2. The van der Waals surface area contributed by atoms with Crippen LogP contribution in [0, 0.1) is 10.1 Å². The van der Waals surface area contributed by atoms with Gasteiger partial charge in [-0.1, -0.05) is 23.2 Å². The quantitative estimate of drug-likeness (QED) is 0.376. The molecule has 1 aromatic carbocycles. The van der Waals surface area contributed by atoms with Crippen molar-refractivity contribution in [2.75, 3.05) is 0 Å². The molecule has 9 heteroatoms. The number of rotatable bonds is 3. The van der Waals surface area contributed by atoms with Crippen LogP contribution in [0.5, 0.6) is 0 Å². The minimum Gasteiger partial charge on any atom is -0.369 e. The maximum Gasteiger partial charge on any atom is 0.289 e. The Morgan fingerprint density at radius 3 is 2.53 bits per heavy atom. The van der Waals surface area contributed by atoms with E-state index < -0.39 is 4.92 Å². The van der Waals surface area contributed by atoms with Gasteiger partial charge in [-0.25, -0.2) is 0 Å². The van der Waals surface area contributed by atoms with Gasteiger partial charge in [0, 0.05) is 11.6 Å². The largest absolute Gasteiger partial charge is 0.369 e. The monoisotopic (exact) mass is 275 g/mol.